The fourth-order valence-electron chi connectivity index (χ4n) is 10.1. The van der Waals surface area contributed by atoms with Gasteiger partial charge in [0.25, 0.3) is 17.7 Å². The Morgan fingerprint density at radius 1 is 0.817 bits per heavy atom. The van der Waals surface area contributed by atoms with E-state index in [2.05, 4.69) is 37.9 Å². The summed E-state index contributed by atoms with van der Waals surface area (Å²) in [7, 11) is 0. The summed E-state index contributed by atoms with van der Waals surface area (Å²) in [4.78, 5) is 72.1. The van der Waals surface area contributed by atoms with Crippen molar-refractivity contribution in [3.8, 4) is 23.7 Å². The maximum atomic E-state index is 13.7. The van der Waals surface area contributed by atoms with Gasteiger partial charge in [0.05, 0.1) is 21.7 Å². The lowest BCUT2D eigenvalue weighted by Gasteiger charge is -2.39. The molecule has 9 rings (SSSR count). The minimum absolute atomic E-state index is 0.00397. The summed E-state index contributed by atoms with van der Waals surface area (Å²) in [5.41, 5.74) is 3.55. The zero-order chi connectivity index (χ0) is 41.5. The van der Waals surface area contributed by atoms with Gasteiger partial charge in [-0.3, -0.25) is 34.2 Å². The highest BCUT2D eigenvalue weighted by atomic mass is 35.5. The Kier molecular flexibility index (Phi) is 11.1. The Labute approximate surface area is 354 Å². The van der Waals surface area contributed by atoms with Crippen LogP contribution in [0.3, 0.4) is 0 Å². The van der Waals surface area contributed by atoms with Crippen LogP contribution in [0.25, 0.3) is 0 Å². The van der Waals surface area contributed by atoms with E-state index in [4.69, 9.17) is 21.6 Å². The van der Waals surface area contributed by atoms with Gasteiger partial charge >= 0.3 is 0 Å². The second-order valence-corrected chi connectivity index (χ2v) is 17.5. The quantitative estimate of drug-likeness (QED) is 0.231. The molecule has 6 heterocycles. The number of nitriles is 1. The molecule has 3 aromatic rings. The molecule has 13 heteroatoms. The van der Waals surface area contributed by atoms with Gasteiger partial charge in [-0.05, 0) is 119 Å². The zero-order valence-electron chi connectivity index (χ0n) is 33.4. The molecule has 308 valence electrons. The minimum atomic E-state index is -0.967. The monoisotopic (exact) mass is 826 g/mol. The smallest absolute Gasteiger partial charge is 0.262 e. The number of carbonyl (C=O) groups is 5. The predicted octanol–water partition coefficient (Wildman–Crippen LogP) is 5.81. The van der Waals surface area contributed by atoms with Crippen LogP contribution in [-0.4, -0.2) is 101 Å². The molecule has 6 aliphatic rings. The molecule has 0 radical (unpaired) electrons. The lowest BCUT2D eigenvalue weighted by atomic mass is 9.92. The SMILES string of the molecule is N#Cc1ccc(OC2C[C@H]3CC[C@@H](C2)N3C(=O)c2ccc(C#CC3CCN(CC4CCN(c5ccc6c(c5)C(=O)N(C5CCC(=O)NC5=O)C6=O)CC4)CC3)cc2)cc1Cl. The number of imide groups is 2. The molecule has 0 spiro atoms. The molecule has 0 aromatic heterocycles. The maximum Gasteiger partial charge on any atom is 0.262 e. The Morgan fingerprint density at radius 2 is 1.53 bits per heavy atom. The molecular formula is C47H47ClN6O6. The normalized spacial score (nSPS) is 24.8. The summed E-state index contributed by atoms with van der Waals surface area (Å²) in [6.45, 7) is 4.81. The van der Waals surface area contributed by atoms with E-state index in [0.717, 1.165) is 100 Å². The molecule has 5 saturated heterocycles. The number of rotatable bonds is 7. The Hall–Kier alpha value is -5.69. The third-order valence-electron chi connectivity index (χ3n) is 13.3. The van der Waals surface area contributed by atoms with Crippen LogP contribution in [0.15, 0.2) is 60.7 Å². The number of amides is 5. The molecule has 3 aromatic carbocycles. The fourth-order valence-corrected chi connectivity index (χ4v) is 10.3. The van der Waals surface area contributed by atoms with E-state index in [9.17, 15) is 24.0 Å². The summed E-state index contributed by atoms with van der Waals surface area (Å²) in [6.07, 6.45) is 7.83. The van der Waals surface area contributed by atoms with Gasteiger partial charge in [0.1, 0.15) is 24.0 Å². The van der Waals surface area contributed by atoms with E-state index < -0.39 is 23.8 Å². The molecule has 2 bridgehead atoms. The van der Waals surface area contributed by atoms with Gasteiger partial charge in [0.2, 0.25) is 11.8 Å². The van der Waals surface area contributed by atoms with Crippen molar-refractivity contribution in [3.05, 3.63) is 93.5 Å². The van der Waals surface area contributed by atoms with E-state index >= 15 is 0 Å². The number of nitrogens with one attached hydrogen (secondary N) is 1. The Balaban J connectivity index is 0.715. The van der Waals surface area contributed by atoms with Gasteiger partial charge in [-0.2, -0.15) is 5.26 Å². The first-order chi connectivity index (χ1) is 29.1. The van der Waals surface area contributed by atoms with Crippen LogP contribution < -0.4 is 15.0 Å². The third-order valence-corrected chi connectivity index (χ3v) is 13.7. The van der Waals surface area contributed by atoms with Crippen molar-refractivity contribution < 1.29 is 28.7 Å². The van der Waals surface area contributed by atoms with Crippen LogP contribution in [0.1, 0.15) is 106 Å². The summed E-state index contributed by atoms with van der Waals surface area (Å²) in [5.74, 6) is 6.57. The third kappa shape index (κ3) is 7.99. The van der Waals surface area contributed by atoms with Crippen LogP contribution in [0, 0.1) is 35.0 Å². The molecular weight excluding hydrogens is 780 g/mol. The lowest BCUT2D eigenvalue weighted by Crippen LogP contribution is -2.54. The highest BCUT2D eigenvalue weighted by Gasteiger charge is 2.46. The first-order valence-electron chi connectivity index (χ1n) is 21.3. The average molecular weight is 827 g/mol. The van der Waals surface area contributed by atoms with Gasteiger partial charge in [0, 0.05) is 79.8 Å². The van der Waals surface area contributed by atoms with Crippen LogP contribution in [-0.2, 0) is 9.59 Å². The standard InChI is InChI=1S/C47H47ClN6O6/c48-41-26-37(11-7-33(41)27-49)60-38-23-35-8-9-36(24-38)53(35)45(57)32-5-3-29(4-6-32)1-2-30-15-19-51(20-16-30)28-31-17-21-52(22-18-31)34-10-12-39-40(25-34)47(59)54(46(39)58)42-13-14-43(55)50-44(42)56/h3-7,10-12,25-26,30-31,35-36,38,42H,8-9,13-24,28H2,(H,50,55,56)/t35-,36+,38?,42?. The number of hydrogen-bond donors (Lipinski definition) is 1. The highest BCUT2D eigenvalue weighted by molar-refractivity contribution is 6.31. The number of likely N-dealkylation sites (tertiary alicyclic amines) is 1. The summed E-state index contributed by atoms with van der Waals surface area (Å²) in [5, 5.41) is 11.8. The number of ether oxygens (including phenoxy) is 1. The number of halogens is 1. The molecule has 5 amide bonds. The molecule has 0 saturated carbocycles. The number of benzene rings is 3. The molecule has 1 N–H and O–H groups in total. The molecule has 6 aliphatic heterocycles. The van der Waals surface area contributed by atoms with Gasteiger partial charge in [0.15, 0.2) is 0 Å². The van der Waals surface area contributed by atoms with Crippen LogP contribution >= 0.6 is 11.6 Å². The fraction of sp³-hybridized carbons (Fsp3) is 0.447. The number of anilines is 1. The van der Waals surface area contributed by atoms with Crippen molar-refractivity contribution in [3.63, 3.8) is 0 Å². The van der Waals surface area contributed by atoms with Gasteiger partial charge < -0.3 is 19.4 Å². The van der Waals surface area contributed by atoms with Crippen molar-refractivity contribution in [2.45, 2.75) is 88.4 Å². The summed E-state index contributed by atoms with van der Waals surface area (Å²) < 4.78 is 6.25. The lowest BCUT2D eigenvalue weighted by molar-refractivity contribution is -0.136. The minimum Gasteiger partial charge on any atom is -0.490 e. The zero-order valence-corrected chi connectivity index (χ0v) is 34.2. The summed E-state index contributed by atoms with van der Waals surface area (Å²) >= 11 is 6.22. The van der Waals surface area contributed by atoms with Gasteiger partial charge in [-0.25, -0.2) is 0 Å². The highest BCUT2D eigenvalue weighted by Crippen LogP contribution is 2.39. The van der Waals surface area contributed by atoms with Crippen molar-refractivity contribution in [2.24, 2.45) is 11.8 Å². The second-order valence-electron chi connectivity index (χ2n) is 17.1. The van der Waals surface area contributed by atoms with Gasteiger partial charge in [-0.1, -0.05) is 23.4 Å². The maximum absolute atomic E-state index is 13.7. The first-order valence-corrected chi connectivity index (χ1v) is 21.6. The molecule has 5 fully saturated rings. The van der Waals surface area contributed by atoms with E-state index in [1.54, 1.807) is 30.3 Å². The molecule has 0 aliphatic carbocycles. The van der Waals surface area contributed by atoms with Crippen molar-refractivity contribution in [1.29, 1.82) is 5.26 Å². The molecule has 60 heavy (non-hydrogen) atoms. The summed E-state index contributed by atoms with van der Waals surface area (Å²) in [6, 6.07) is 19.6. The van der Waals surface area contributed by atoms with E-state index in [1.807, 2.05) is 30.3 Å². The number of hydrogen-bond acceptors (Lipinski definition) is 9. The van der Waals surface area contributed by atoms with Crippen molar-refractivity contribution in [1.82, 2.24) is 20.0 Å². The number of nitrogens with zero attached hydrogens (tertiary/aromatic N) is 5. The Morgan fingerprint density at radius 3 is 2.22 bits per heavy atom. The number of fused-ring (bicyclic) bond motifs is 3. The van der Waals surface area contributed by atoms with Crippen LogP contribution in [0.2, 0.25) is 5.02 Å². The second kappa shape index (κ2) is 16.8. The Bertz CT molecular complexity index is 2320. The van der Waals surface area contributed by atoms with Crippen molar-refractivity contribution in [2.75, 3.05) is 37.6 Å². The first kappa shape index (κ1) is 39.8. The average Bonchev–Trinajstić information content (AvgIpc) is 3.67. The van der Waals surface area contributed by atoms with E-state index in [-0.39, 0.29) is 42.8 Å². The number of piperidine rings is 4. The van der Waals surface area contributed by atoms with E-state index in [0.29, 0.717) is 44.9 Å². The van der Waals surface area contributed by atoms with Crippen LogP contribution in [0.4, 0.5) is 5.69 Å². The van der Waals surface area contributed by atoms with Crippen LogP contribution in [0.5, 0.6) is 5.75 Å². The van der Waals surface area contributed by atoms with Crippen molar-refractivity contribution >= 4 is 46.8 Å². The molecule has 12 nitrogen and oxygen atoms in total. The van der Waals surface area contributed by atoms with E-state index in [1.165, 1.54) is 0 Å². The molecule has 4 atom stereocenters. The predicted molar refractivity (Wildman–Crippen MR) is 223 cm³/mol. The largest absolute Gasteiger partial charge is 0.490 e. The topological polar surface area (TPSA) is 143 Å². The number of carbonyl (C=O) groups excluding carboxylic acids is 5. The van der Waals surface area contributed by atoms with Gasteiger partial charge in [-0.15, -0.1) is 0 Å². The molecule has 2 unspecified atom stereocenters.